The largest absolute Gasteiger partial charge is 0.456 e. The molecule has 0 saturated carbocycles. The SMILES string of the molecule is Cc1cc2c3c(c1)N(c1ccc(C(C)(C)C)cc1)c1cc4c(cc1B3c1sc3c5cc(C(C)(C)C)ccc5n(-c5ccc(C(C)(C)C)cc5)c3c1C2c1ccc(C(C)(C)C)cc1)oc1ccc(C(C)(C)C)cc14. The van der Waals surface area contributed by atoms with Crippen LogP contribution in [0.2, 0.25) is 0 Å². The Labute approximate surface area is 438 Å². The van der Waals surface area contributed by atoms with Gasteiger partial charge in [0.25, 0.3) is 6.71 Å². The van der Waals surface area contributed by atoms with Gasteiger partial charge in [-0.25, -0.2) is 0 Å². The van der Waals surface area contributed by atoms with E-state index in [0.717, 1.165) is 16.6 Å². The molecule has 2 aliphatic heterocycles. The van der Waals surface area contributed by atoms with Gasteiger partial charge in [0.1, 0.15) is 11.2 Å². The van der Waals surface area contributed by atoms with Crippen LogP contribution in [0, 0.1) is 6.92 Å². The van der Waals surface area contributed by atoms with Crippen molar-refractivity contribution in [1.82, 2.24) is 4.57 Å². The Balaban J connectivity index is 1.23. The summed E-state index contributed by atoms with van der Waals surface area (Å²) in [5, 5.41) is 3.65. The van der Waals surface area contributed by atoms with E-state index in [-0.39, 0.29) is 39.7 Å². The highest BCUT2D eigenvalue weighted by atomic mass is 32.1. The number of hydrogen-bond donors (Lipinski definition) is 0. The van der Waals surface area contributed by atoms with Crippen molar-refractivity contribution in [2.24, 2.45) is 0 Å². The Bertz CT molecular complexity index is 3860. The van der Waals surface area contributed by atoms with Crippen molar-refractivity contribution in [3.8, 4) is 5.69 Å². The zero-order valence-electron chi connectivity index (χ0n) is 46.1. The maximum atomic E-state index is 6.98. The van der Waals surface area contributed by atoms with Gasteiger partial charge >= 0.3 is 0 Å². The molecule has 73 heavy (non-hydrogen) atoms. The second-order valence-electron chi connectivity index (χ2n) is 26.8. The standard InChI is InChI=1S/C68H71BN2OS/c1-39-33-51-58(40-17-19-41(20-18-40)64(2,3)4)59-61-62(50-36-44(67(11,12)13)25-31-53(50)71(61)47-29-23-43(24-30-47)66(8,9)10)73-63(59)69-52-38-57-49(48-35-45(68(14,15)16)26-32-56(48)72-57)37-54(52)70(55(34-39)60(51)69)46-27-21-42(22-28-46)65(5,6)7/h17-38,58H,1-16H3. The van der Waals surface area contributed by atoms with Crippen LogP contribution in [0.4, 0.5) is 17.1 Å². The summed E-state index contributed by atoms with van der Waals surface area (Å²) in [6, 6.07) is 52.5. The van der Waals surface area contributed by atoms with Crippen LogP contribution < -0.4 is 20.6 Å². The molecule has 3 aromatic heterocycles. The molecule has 0 aliphatic carbocycles. The normalized spacial score (nSPS) is 15.2. The molecule has 368 valence electrons. The third-order valence-electron chi connectivity index (χ3n) is 16.4. The fraction of sp³-hybridized carbons (Fsp3) is 0.324. The average Bonchev–Trinajstić information content (AvgIpc) is 3.98. The van der Waals surface area contributed by atoms with Gasteiger partial charge in [0, 0.05) is 44.8 Å². The monoisotopic (exact) mass is 975 g/mol. The highest BCUT2D eigenvalue weighted by Crippen LogP contribution is 2.50. The number of aromatic nitrogens is 1. The van der Waals surface area contributed by atoms with Crippen LogP contribution in [0.1, 0.15) is 160 Å². The van der Waals surface area contributed by atoms with Crippen molar-refractivity contribution in [2.75, 3.05) is 4.90 Å². The van der Waals surface area contributed by atoms with E-state index in [1.54, 1.807) is 0 Å². The Morgan fingerprint density at radius 3 is 1.56 bits per heavy atom. The molecular weight excluding hydrogens is 904 g/mol. The second-order valence-corrected chi connectivity index (χ2v) is 27.9. The van der Waals surface area contributed by atoms with Crippen molar-refractivity contribution in [3.05, 3.63) is 184 Å². The second kappa shape index (κ2) is 15.9. The lowest BCUT2D eigenvalue weighted by atomic mass is 9.33. The van der Waals surface area contributed by atoms with E-state index in [1.165, 1.54) is 115 Å². The summed E-state index contributed by atoms with van der Waals surface area (Å²) in [5.74, 6) is -0.0286. The van der Waals surface area contributed by atoms with E-state index >= 15 is 0 Å². The smallest absolute Gasteiger partial charge is 0.260 e. The third kappa shape index (κ3) is 7.57. The molecule has 0 amide bonds. The van der Waals surface area contributed by atoms with Gasteiger partial charge in [-0.15, -0.1) is 11.3 Å². The third-order valence-corrected chi connectivity index (χ3v) is 17.7. The minimum absolute atomic E-state index is 0.00382. The molecule has 10 aromatic rings. The average molecular weight is 975 g/mol. The maximum Gasteiger partial charge on any atom is 0.260 e. The summed E-state index contributed by atoms with van der Waals surface area (Å²) in [4.78, 5) is 2.59. The van der Waals surface area contributed by atoms with Crippen LogP contribution in [0.3, 0.4) is 0 Å². The quantitative estimate of drug-likeness (QED) is 0.165. The molecule has 2 aliphatic rings. The van der Waals surface area contributed by atoms with Gasteiger partial charge in [0.15, 0.2) is 0 Å². The molecule has 3 nitrogen and oxygen atoms in total. The number of fused-ring (bicyclic) bond motifs is 11. The van der Waals surface area contributed by atoms with E-state index in [4.69, 9.17) is 4.42 Å². The molecular formula is C68H71BN2OS. The molecule has 12 rings (SSSR count). The molecule has 7 aromatic carbocycles. The first-order valence-corrected chi connectivity index (χ1v) is 27.5. The van der Waals surface area contributed by atoms with Gasteiger partial charge in [-0.2, -0.15) is 0 Å². The number of anilines is 3. The van der Waals surface area contributed by atoms with Gasteiger partial charge in [-0.3, -0.25) is 0 Å². The number of nitrogens with zero attached hydrogens (tertiary/aromatic N) is 2. The Morgan fingerprint density at radius 2 is 0.986 bits per heavy atom. The summed E-state index contributed by atoms with van der Waals surface area (Å²) < 4.78 is 12.4. The van der Waals surface area contributed by atoms with Crippen molar-refractivity contribution >= 4 is 93.9 Å². The molecule has 0 N–H and O–H groups in total. The number of thiophene rings is 1. The van der Waals surface area contributed by atoms with Crippen molar-refractivity contribution in [3.63, 3.8) is 0 Å². The van der Waals surface area contributed by atoms with E-state index in [0.29, 0.717) is 0 Å². The lowest BCUT2D eigenvalue weighted by Gasteiger charge is -2.42. The first-order chi connectivity index (χ1) is 34.3. The number of furan rings is 1. The highest BCUT2D eigenvalue weighted by molar-refractivity contribution is 7.33. The summed E-state index contributed by atoms with van der Waals surface area (Å²) in [6.45, 7) is 37.0. The van der Waals surface area contributed by atoms with Gasteiger partial charge in [-0.1, -0.05) is 171 Å². The van der Waals surface area contributed by atoms with Gasteiger partial charge in [0.05, 0.1) is 15.7 Å². The van der Waals surface area contributed by atoms with E-state index in [1.807, 2.05) is 11.3 Å². The lowest BCUT2D eigenvalue weighted by Crippen LogP contribution is -2.61. The lowest BCUT2D eigenvalue weighted by molar-refractivity contribution is 0.589. The van der Waals surface area contributed by atoms with Crippen LogP contribution in [-0.2, 0) is 27.1 Å². The zero-order chi connectivity index (χ0) is 51.6. The molecule has 5 heteroatoms. The first-order valence-electron chi connectivity index (χ1n) is 26.6. The summed E-state index contributed by atoms with van der Waals surface area (Å²) in [5.41, 5.74) is 24.1. The molecule has 0 fully saturated rings. The van der Waals surface area contributed by atoms with Gasteiger partial charge < -0.3 is 13.9 Å². The maximum absolute atomic E-state index is 6.98. The predicted octanol–water partition coefficient (Wildman–Crippen LogP) is 17.3. The molecule has 5 heterocycles. The first kappa shape index (κ1) is 47.7. The van der Waals surface area contributed by atoms with Crippen LogP contribution in [-0.4, -0.2) is 11.3 Å². The highest BCUT2D eigenvalue weighted by Gasteiger charge is 2.47. The molecule has 1 unspecified atom stereocenters. The predicted molar refractivity (Wildman–Crippen MR) is 317 cm³/mol. The Morgan fingerprint density at radius 1 is 0.479 bits per heavy atom. The summed E-state index contributed by atoms with van der Waals surface area (Å²) in [6.07, 6.45) is 0. The van der Waals surface area contributed by atoms with Gasteiger partial charge in [0.2, 0.25) is 0 Å². The van der Waals surface area contributed by atoms with Crippen molar-refractivity contribution < 1.29 is 4.42 Å². The number of rotatable bonds is 3. The summed E-state index contributed by atoms with van der Waals surface area (Å²) in [7, 11) is 0. The zero-order valence-corrected chi connectivity index (χ0v) is 46.9. The molecule has 0 spiro atoms. The Hall–Kier alpha value is -6.30. The molecule has 0 radical (unpaired) electrons. The minimum atomic E-state index is -0.0384. The van der Waals surface area contributed by atoms with E-state index in [9.17, 15) is 0 Å². The topological polar surface area (TPSA) is 21.3 Å². The minimum Gasteiger partial charge on any atom is -0.456 e. The van der Waals surface area contributed by atoms with Gasteiger partial charge in [-0.05, 0) is 167 Å². The van der Waals surface area contributed by atoms with Crippen molar-refractivity contribution in [1.29, 1.82) is 0 Å². The van der Waals surface area contributed by atoms with Crippen LogP contribution >= 0.6 is 11.3 Å². The van der Waals surface area contributed by atoms with Crippen LogP contribution in [0.25, 0.3) is 48.7 Å². The van der Waals surface area contributed by atoms with E-state index < -0.39 is 0 Å². The number of hydrogen-bond acceptors (Lipinski definition) is 3. The molecule has 0 bridgehead atoms. The fourth-order valence-corrected chi connectivity index (χ4v) is 13.6. The molecule has 1 atom stereocenters. The van der Waals surface area contributed by atoms with Crippen LogP contribution in [0.15, 0.2) is 138 Å². The van der Waals surface area contributed by atoms with Crippen molar-refractivity contribution in [2.45, 2.75) is 144 Å². The fourth-order valence-electron chi connectivity index (χ4n) is 12.1. The van der Waals surface area contributed by atoms with Crippen LogP contribution in [0.5, 0.6) is 0 Å². The number of aryl methyl sites for hydroxylation is 1. The summed E-state index contributed by atoms with van der Waals surface area (Å²) >= 11 is 2.03. The molecule has 0 saturated heterocycles. The van der Waals surface area contributed by atoms with E-state index in [2.05, 4.69) is 254 Å². The Kier molecular flexibility index (Phi) is 10.4. The number of benzene rings is 7.